The third-order valence-electron chi connectivity index (χ3n) is 2.58. The van der Waals surface area contributed by atoms with Crippen molar-refractivity contribution in [1.82, 2.24) is 5.32 Å². The van der Waals surface area contributed by atoms with Crippen molar-refractivity contribution in [2.75, 3.05) is 7.11 Å². The molecule has 18 heavy (non-hydrogen) atoms. The van der Waals surface area contributed by atoms with Crippen LogP contribution in [0.15, 0.2) is 24.3 Å². The Morgan fingerprint density at radius 2 is 1.89 bits per heavy atom. The number of hydrogen-bond acceptors (Lipinski definition) is 3. The lowest BCUT2D eigenvalue weighted by molar-refractivity contribution is -0.142. The number of methoxy groups -OCH3 is 1. The molecule has 2 N–H and O–H groups in total. The van der Waals surface area contributed by atoms with E-state index in [1.54, 1.807) is 0 Å². The number of nitrogens with one attached hydrogen (secondary N) is 1. The normalized spacial score (nSPS) is 13.5. The lowest BCUT2D eigenvalue weighted by atomic mass is 9.94. The topological polar surface area (TPSA) is 75.6 Å². The van der Waals surface area contributed by atoms with Gasteiger partial charge in [0.1, 0.15) is 5.82 Å². The van der Waals surface area contributed by atoms with E-state index in [1.165, 1.54) is 38.3 Å². The Morgan fingerprint density at radius 1 is 1.33 bits per heavy atom. The monoisotopic (exact) mass is 255 g/mol. The Labute approximate surface area is 104 Å². The maximum atomic E-state index is 12.8. The number of rotatable bonds is 4. The fraction of sp³-hybridized carbons (Fsp3) is 0.333. The minimum atomic E-state index is -1.07. The zero-order chi connectivity index (χ0) is 13.7. The fourth-order valence-electron chi connectivity index (χ4n) is 1.50. The van der Waals surface area contributed by atoms with Crippen molar-refractivity contribution in [1.29, 1.82) is 0 Å². The number of carboxylic acid groups (broad SMARTS) is 1. The van der Waals surface area contributed by atoms with Gasteiger partial charge >= 0.3 is 12.1 Å². The van der Waals surface area contributed by atoms with E-state index in [0.717, 1.165) is 0 Å². The van der Waals surface area contributed by atoms with E-state index in [2.05, 4.69) is 10.1 Å². The van der Waals surface area contributed by atoms with E-state index in [4.69, 9.17) is 5.11 Å². The second kappa shape index (κ2) is 6.00. The first-order valence-corrected chi connectivity index (χ1v) is 5.28. The number of carbonyl (C=O) groups is 2. The Kier molecular flexibility index (Phi) is 4.65. The molecule has 2 atom stereocenters. The number of aliphatic carboxylic acids is 1. The summed E-state index contributed by atoms with van der Waals surface area (Å²) in [6.07, 6.45) is -0.738. The summed E-state index contributed by atoms with van der Waals surface area (Å²) in [5.41, 5.74) is 0.497. The predicted octanol–water partition coefficient (Wildman–Crippen LogP) is 1.94. The summed E-state index contributed by atoms with van der Waals surface area (Å²) >= 11 is 0. The van der Waals surface area contributed by atoms with Gasteiger partial charge in [-0.25, -0.2) is 9.18 Å². The molecule has 0 radical (unpaired) electrons. The smallest absolute Gasteiger partial charge is 0.407 e. The summed E-state index contributed by atoms with van der Waals surface area (Å²) in [7, 11) is 1.18. The van der Waals surface area contributed by atoms with Crippen LogP contribution in [0.4, 0.5) is 9.18 Å². The Morgan fingerprint density at radius 3 is 2.33 bits per heavy atom. The number of alkyl carbamates (subject to hydrolysis) is 1. The molecule has 1 aromatic rings. The van der Waals surface area contributed by atoms with Crippen LogP contribution in [0.3, 0.4) is 0 Å². The van der Waals surface area contributed by atoms with Crippen LogP contribution in [0.2, 0.25) is 0 Å². The van der Waals surface area contributed by atoms with Crippen LogP contribution >= 0.6 is 0 Å². The highest BCUT2D eigenvalue weighted by atomic mass is 19.1. The summed E-state index contributed by atoms with van der Waals surface area (Å²) < 4.78 is 17.2. The average molecular weight is 255 g/mol. The van der Waals surface area contributed by atoms with Crippen molar-refractivity contribution in [3.63, 3.8) is 0 Å². The van der Waals surface area contributed by atoms with Crippen LogP contribution in [-0.2, 0) is 9.53 Å². The molecule has 0 aliphatic heterocycles. The van der Waals surface area contributed by atoms with Crippen LogP contribution < -0.4 is 5.32 Å². The Balaban J connectivity index is 2.99. The third kappa shape index (κ3) is 3.44. The molecule has 0 aliphatic carbocycles. The molecule has 0 saturated carbocycles. The van der Waals surface area contributed by atoms with Gasteiger partial charge in [-0.3, -0.25) is 4.79 Å². The van der Waals surface area contributed by atoms with E-state index in [-0.39, 0.29) is 0 Å². The molecule has 0 heterocycles. The molecule has 1 amide bonds. The first-order valence-electron chi connectivity index (χ1n) is 5.28. The van der Waals surface area contributed by atoms with Gasteiger partial charge in [0.15, 0.2) is 0 Å². The highest BCUT2D eigenvalue weighted by Gasteiger charge is 2.27. The van der Waals surface area contributed by atoms with E-state index in [9.17, 15) is 14.0 Å². The molecule has 1 unspecified atom stereocenters. The van der Waals surface area contributed by atoms with Crippen LogP contribution in [0.1, 0.15) is 18.5 Å². The van der Waals surface area contributed by atoms with Gasteiger partial charge in [-0.15, -0.1) is 0 Å². The molecule has 0 aromatic heterocycles. The van der Waals surface area contributed by atoms with E-state index in [0.29, 0.717) is 5.56 Å². The summed E-state index contributed by atoms with van der Waals surface area (Å²) in [6, 6.07) is 4.48. The molecule has 0 bridgehead atoms. The maximum absolute atomic E-state index is 12.8. The van der Waals surface area contributed by atoms with Gasteiger partial charge in [-0.05, 0) is 24.6 Å². The number of benzene rings is 1. The number of halogens is 1. The van der Waals surface area contributed by atoms with E-state index in [1.807, 2.05) is 0 Å². The van der Waals surface area contributed by atoms with Crippen molar-refractivity contribution in [3.8, 4) is 0 Å². The van der Waals surface area contributed by atoms with Crippen LogP contribution in [0.5, 0.6) is 0 Å². The molecule has 0 aliphatic rings. The van der Waals surface area contributed by atoms with Gasteiger partial charge in [0.05, 0.1) is 19.1 Å². The van der Waals surface area contributed by atoms with E-state index >= 15 is 0 Å². The van der Waals surface area contributed by atoms with Gasteiger partial charge in [-0.1, -0.05) is 12.1 Å². The first-order chi connectivity index (χ1) is 8.45. The molecular formula is C12H14FNO4. The van der Waals surface area contributed by atoms with Crippen molar-refractivity contribution in [3.05, 3.63) is 35.6 Å². The number of amides is 1. The molecule has 0 spiro atoms. The zero-order valence-electron chi connectivity index (χ0n) is 10.0. The van der Waals surface area contributed by atoms with Crippen molar-refractivity contribution >= 4 is 12.1 Å². The van der Waals surface area contributed by atoms with Crippen LogP contribution in [-0.4, -0.2) is 24.3 Å². The SMILES string of the molecule is COC(=O)N[C@@H](c1ccc(F)cc1)C(C)C(=O)O. The molecule has 1 aromatic carbocycles. The minimum Gasteiger partial charge on any atom is -0.481 e. The summed E-state index contributed by atoms with van der Waals surface area (Å²) in [5, 5.41) is 11.4. The second-order valence-corrected chi connectivity index (χ2v) is 3.79. The quantitative estimate of drug-likeness (QED) is 0.862. The van der Waals surface area contributed by atoms with E-state index < -0.39 is 29.8 Å². The van der Waals surface area contributed by atoms with Gasteiger partial charge in [0, 0.05) is 0 Å². The molecule has 1 rings (SSSR count). The average Bonchev–Trinajstić information content (AvgIpc) is 2.36. The highest BCUT2D eigenvalue weighted by Crippen LogP contribution is 2.22. The van der Waals surface area contributed by atoms with Gasteiger partial charge < -0.3 is 15.2 Å². The molecule has 98 valence electrons. The van der Waals surface area contributed by atoms with Crippen molar-refractivity contribution in [2.24, 2.45) is 5.92 Å². The van der Waals surface area contributed by atoms with Gasteiger partial charge in [-0.2, -0.15) is 0 Å². The number of carboxylic acids is 1. The fourth-order valence-corrected chi connectivity index (χ4v) is 1.50. The number of hydrogen-bond donors (Lipinski definition) is 2. The minimum absolute atomic E-state index is 0.432. The maximum Gasteiger partial charge on any atom is 0.407 e. The zero-order valence-corrected chi connectivity index (χ0v) is 10.0. The molecule has 6 heteroatoms. The molecular weight excluding hydrogens is 241 g/mol. The Bertz CT molecular complexity index is 432. The third-order valence-corrected chi connectivity index (χ3v) is 2.58. The van der Waals surface area contributed by atoms with Gasteiger partial charge in [0.25, 0.3) is 0 Å². The summed E-state index contributed by atoms with van der Waals surface area (Å²) in [4.78, 5) is 22.2. The molecule has 0 fully saturated rings. The lowest BCUT2D eigenvalue weighted by Gasteiger charge is -2.22. The summed E-state index contributed by atoms with van der Waals surface area (Å²) in [6.45, 7) is 1.45. The van der Waals surface area contributed by atoms with Crippen LogP contribution in [0.25, 0.3) is 0 Å². The molecule has 0 saturated heterocycles. The van der Waals surface area contributed by atoms with Crippen LogP contribution in [0, 0.1) is 11.7 Å². The van der Waals surface area contributed by atoms with Crippen molar-refractivity contribution in [2.45, 2.75) is 13.0 Å². The predicted molar refractivity (Wildman–Crippen MR) is 61.5 cm³/mol. The number of ether oxygens (including phenoxy) is 1. The standard InChI is InChI=1S/C12H14FNO4/c1-7(11(15)16)10(14-12(17)18-2)8-3-5-9(13)6-4-8/h3-7,10H,1-2H3,(H,14,17)(H,15,16)/t7?,10-/m1/s1. The second-order valence-electron chi connectivity index (χ2n) is 3.79. The highest BCUT2D eigenvalue weighted by molar-refractivity contribution is 5.73. The van der Waals surface area contributed by atoms with Gasteiger partial charge in [0.2, 0.25) is 0 Å². The first kappa shape index (κ1) is 14.0. The Hall–Kier alpha value is -2.11. The summed E-state index contributed by atoms with van der Waals surface area (Å²) in [5.74, 6) is -2.37. The van der Waals surface area contributed by atoms with Crippen molar-refractivity contribution < 1.29 is 23.8 Å². The largest absolute Gasteiger partial charge is 0.481 e. The molecule has 5 nitrogen and oxygen atoms in total. The lowest BCUT2D eigenvalue weighted by Crippen LogP contribution is -2.35. The number of carbonyl (C=O) groups excluding carboxylic acids is 1.